The molecule has 108 valence electrons. The van der Waals surface area contributed by atoms with Crippen molar-refractivity contribution in [1.82, 2.24) is 5.32 Å². The average Bonchev–Trinajstić information content (AvgIpc) is 2.36. The molecule has 0 spiro atoms. The van der Waals surface area contributed by atoms with E-state index < -0.39 is 0 Å². The number of hydrogen-bond donors (Lipinski definition) is 1. The van der Waals surface area contributed by atoms with Crippen molar-refractivity contribution in [3.63, 3.8) is 0 Å². The van der Waals surface area contributed by atoms with Crippen LogP contribution < -0.4 is 10.1 Å². The molecule has 1 aromatic rings. The van der Waals surface area contributed by atoms with Crippen LogP contribution in [0.2, 0.25) is 0 Å². The maximum atomic E-state index is 5.28. The number of halogens is 1. The van der Waals surface area contributed by atoms with Crippen LogP contribution in [0.5, 0.6) is 5.75 Å². The molecule has 1 N–H and O–H groups in total. The molecule has 0 bridgehead atoms. The maximum Gasteiger partial charge on any atom is 0.133 e. The van der Waals surface area contributed by atoms with Crippen molar-refractivity contribution in [1.29, 1.82) is 0 Å². The third kappa shape index (κ3) is 4.81. The zero-order valence-electron chi connectivity index (χ0n) is 12.7. The van der Waals surface area contributed by atoms with Crippen molar-refractivity contribution in [2.75, 3.05) is 13.7 Å². The summed E-state index contributed by atoms with van der Waals surface area (Å²) in [7, 11) is 1.70. The van der Waals surface area contributed by atoms with Gasteiger partial charge in [0.2, 0.25) is 0 Å². The third-order valence-corrected chi connectivity index (χ3v) is 4.33. The summed E-state index contributed by atoms with van der Waals surface area (Å²) in [6.45, 7) is 10.1. The molecular weight excluding hydrogens is 302 g/mol. The van der Waals surface area contributed by atoms with Crippen LogP contribution in [0.4, 0.5) is 0 Å². The molecule has 0 amide bonds. The summed E-state index contributed by atoms with van der Waals surface area (Å²) in [6.07, 6.45) is 1.09. The van der Waals surface area contributed by atoms with Crippen LogP contribution in [0, 0.1) is 11.8 Å². The van der Waals surface area contributed by atoms with Crippen molar-refractivity contribution in [2.24, 2.45) is 11.8 Å². The number of ether oxygens (including phenoxy) is 1. The minimum atomic E-state index is 0.533. The second kappa shape index (κ2) is 7.91. The minimum Gasteiger partial charge on any atom is -0.496 e. The van der Waals surface area contributed by atoms with Crippen LogP contribution in [0.15, 0.2) is 22.7 Å². The van der Waals surface area contributed by atoms with E-state index in [0.717, 1.165) is 23.2 Å². The minimum absolute atomic E-state index is 0.533. The van der Waals surface area contributed by atoms with E-state index in [0.29, 0.717) is 17.9 Å². The third-order valence-electron chi connectivity index (χ3n) is 3.71. The maximum absolute atomic E-state index is 5.28. The average molecular weight is 328 g/mol. The monoisotopic (exact) mass is 327 g/mol. The first kappa shape index (κ1) is 16.5. The lowest BCUT2D eigenvalue weighted by molar-refractivity contribution is 0.292. The Morgan fingerprint density at radius 2 is 1.95 bits per heavy atom. The molecule has 3 heteroatoms. The highest BCUT2D eigenvalue weighted by Crippen LogP contribution is 2.28. The predicted molar refractivity (Wildman–Crippen MR) is 85.9 cm³/mol. The van der Waals surface area contributed by atoms with Crippen LogP contribution in [0.1, 0.15) is 33.3 Å². The Hall–Kier alpha value is -0.540. The highest BCUT2D eigenvalue weighted by Gasteiger charge is 2.20. The molecule has 0 aromatic heterocycles. The topological polar surface area (TPSA) is 21.3 Å². The first-order chi connectivity index (χ1) is 8.99. The Labute approximate surface area is 126 Å². The van der Waals surface area contributed by atoms with E-state index in [1.807, 2.05) is 6.07 Å². The zero-order valence-corrected chi connectivity index (χ0v) is 14.3. The van der Waals surface area contributed by atoms with E-state index in [-0.39, 0.29) is 0 Å². The Morgan fingerprint density at radius 3 is 2.42 bits per heavy atom. The first-order valence-corrected chi connectivity index (χ1v) is 7.84. The van der Waals surface area contributed by atoms with Gasteiger partial charge in [0.15, 0.2) is 0 Å². The molecule has 1 aromatic carbocycles. The summed E-state index contributed by atoms with van der Waals surface area (Å²) < 4.78 is 6.31. The van der Waals surface area contributed by atoms with Gasteiger partial charge in [-0.25, -0.2) is 0 Å². The Balaban J connectivity index is 2.82. The molecule has 19 heavy (non-hydrogen) atoms. The summed E-state index contributed by atoms with van der Waals surface area (Å²) in [5.41, 5.74) is 1.36. The van der Waals surface area contributed by atoms with Gasteiger partial charge in [0.25, 0.3) is 0 Å². The zero-order chi connectivity index (χ0) is 14.4. The molecule has 0 saturated heterocycles. The summed E-state index contributed by atoms with van der Waals surface area (Å²) in [5.74, 6) is 2.19. The molecule has 0 heterocycles. The number of methoxy groups -OCH3 is 1. The van der Waals surface area contributed by atoms with Gasteiger partial charge in [-0.1, -0.05) is 26.8 Å². The van der Waals surface area contributed by atoms with E-state index in [1.54, 1.807) is 7.11 Å². The van der Waals surface area contributed by atoms with Crippen LogP contribution in [-0.2, 0) is 6.42 Å². The molecule has 1 rings (SSSR count). The fourth-order valence-corrected chi connectivity index (χ4v) is 3.16. The molecule has 0 saturated carbocycles. The Kier molecular flexibility index (Phi) is 6.87. The smallest absolute Gasteiger partial charge is 0.133 e. The quantitative estimate of drug-likeness (QED) is 0.807. The molecule has 2 nitrogen and oxygen atoms in total. The SMILES string of the molecule is CCNC(C)C(Cc1ccc(OC)c(Br)c1)C(C)C. The highest BCUT2D eigenvalue weighted by atomic mass is 79.9. The molecule has 0 aliphatic carbocycles. The van der Waals surface area contributed by atoms with Crippen LogP contribution in [0.3, 0.4) is 0 Å². The lowest BCUT2D eigenvalue weighted by Gasteiger charge is -2.28. The lowest BCUT2D eigenvalue weighted by atomic mass is 9.84. The Bertz CT molecular complexity index is 392. The van der Waals surface area contributed by atoms with E-state index in [9.17, 15) is 0 Å². The summed E-state index contributed by atoms with van der Waals surface area (Å²) in [5, 5.41) is 3.55. The highest BCUT2D eigenvalue weighted by molar-refractivity contribution is 9.10. The number of benzene rings is 1. The summed E-state index contributed by atoms with van der Waals surface area (Å²) in [4.78, 5) is 0. The molecule has 0 aliphatic heterocycles. The van der Waals surface area contributed by atoms with E-state index in [1.165, 1.54) is 5.56 Å². The van der Waals surface area contributed by atoms with Crippen molar-refractivity contribution in [3.05, 3.63) is 28.2 Å². The Morgan fingerprint density at radius 1 is 1.26 bits per heavy atom. The van der Waals surface area contributed by atoms with Crippen molar-refractivity contribution in [3.8, 4) is 5.75 Å². The molecule has 2 unspecified atom stereocenters. The second-order valence-electron chi connectivity index (χ2n) is 5.43. The fraction of sp³-hybridized carbons (Fsp3) is 0.625. The van der Waals surface area contributed by atoms with Crippen molar-refractivity contribution >= 4 is 15.9 Å². The van der Waals surface area contributed by atoms with Crippen LogP contribution in [-0.4, -0.2) is 19.7 Å². The van der Waals surface area contributed by atoms with Gasteiger partial charge in [-0.05, 0) is 65.4 Å². The molecule has 0 radical (unpaired) electrons. The molecule has 2 atom stereocenters. The normalized spacial score (nSPS) is 14.5. The number of rotatable bonds is 7. The lowest BCUT2D eigenvalue weighted by Crippen LogP contribution is -2.37. The largest absolute Gasteiger partial charge is 0.496 e. The predicted octanol–water partition coefficient (Wildman–Crippen LogP) is 4.27. The van der Waals surface area contributed by atoms with Gasteiger partial charge >= 0.3 is 0 Å². The summed E-state index contributed by atoms with van der Waals surface area (Å²) >= 11 is 3.56. The number of nitrogens with one attached hydrogen (secondary N) is 1. The van der Waals surface area contributed by atoms with Gasteiger partial charge in [0, 0.05) is 6.04 Å². The van der Waals surface area contributed by atoms with Crippen LogP contribution in [0.25, 0.3) is 0 Å². The fourth-order valence-electron chi connectivity index (χ4n) is 2.57. The van der Waals surface area contributed by atoms with E-state index in [4.69, 9.17) is 4.74 Å². The van der Waals surface area contributed by atoms with Gasteiger partial charge in [-0.3, -0.25) is 0 Å². The van der Waals surface area contributed by atoms with Crippen molar-refractivity contribution in [2.45, 2.75) is 40.2 Å². The molecule has 0 fully saturated rings. The number of hydrogen-bond acceptors (Lipinski definition) is 2. The van der Waals surface area contributed by atoms with Gasteiger partial charge in [0.05, 0.1) is 11.6 Å². The van der Waals surface area contributed by atoms with Crippen molar-refractivity contribution < 1.29 is 4.74 Å². The van der Waals surface area contributed by atoms with Gasteiger partial charge in [-0.15, -0.1) is 0 Å². The van der Waals surface area contributed by atoms with Gasteiger partial charge in [-0.2, -0.15) is 0 Å². The van der Waals surface area contributed by atoms with E-state index >= 15 is 0 Å². The summed E-state index contributed by atoms with van der Waals surface area (Å²) in [6, 6.07) is 6.91. The van der Waals surface area contributed by atoms with Gasteiger partial charge in [0.1, 0.15) is 5.75 Å². The van der Waals surface area contributed by atoms with Gasteiger partial charge < -0.3 is 10.1 Å². The van der Waals surface area contributed by atoms with Crippen LogP contribution >= 0.6 is 15.9 Å². The first-order valence-electron chi connectivity index (χ1n) is 7.05. The standard InChI is InChI=1S/C16H26BrNO/c1-6-18-12(4)14(11(2)3)9-13-7-8-16(19-5)15(17)10-13/h7-8,10-12,14,18H,6,9H2,1-5H3. The molecule has 0 aliphatic rings. The second-order valence-corrected chi connectivity index (χ2v) is 6.28. The van der Waals surface area contributed by atoms with E-state index in [2.05, 4.69) is 61.1 Å². The molecular formula is C16H26BrNO.